The smallest absolute Gasteiger partial charge is 0.259 e. The number of carbonyl (C=O) groups excluding carboxylic acids is 3. The van der Waals surface area contributed by atoms with Gasteiger partial charge in [-0.2, -0.15) is 0 Å². The fourth-order valence-electron chi connectivity index (χ4n) is 4.51. The molecule has 0 spiro atoms. The van der Waals surface area contributed by atoms with Crippen LogP contribution in [0.15, 0.2) is 82.8 Å². The molecule has 2 aliphatic rings. The molecule has 2 heterocycles. The van der Waals surface area contributed by atoms with E-state index in [0.29, 0.717) is 40.4 Å². The van der Waals surface area contributed by atoms with Crippen LogP contribution >= 0.6 is 11.8 Å². The molecule has 3 aromatic carbocycles. The normalized spacial score (nSPS) is 15.3. The summed E-state index contributed by atoms with van der Waals surface area (Å²) in [7, 11) is 3.14. The summed E-state index contributed by atoms with van der Waals surface area (Å²) in [6, 6.07) is 21.2. The summed E-state index contributed by atoms with van der Waals surface area (Å²) in [4.78, 5) is 49.6. The van der Waals surface area contributed by atoms with Gasteiger partial charge >= 0.3 is 0 Å². The summed E-state index contributed by atoms with van der Waals surface area (Å²) in [6.07, 6.45) is 0.368. The van der Waals surface area contributed by atoms with E-state index in [0.717, 1.165) is 22.9 Å². The van der Waals surface area contributed by atoms with E-state index in [1.807, 2.05) is 48.5 Å². The Kier molecular flexibility index (Phi) is 8.64. The minimum Gasteiger partial charge on any atom is -0.497 e. The number of aliphatic imine (C=N–C) groups is 2. The van der Waals surface area contributed by atoms with E-state index in [2.05, 4.69) is 15.6 Å². The highest BCUT2D eigenvalue weighted by Crippen LogP contribution is 2.34. The van der Waals surface area contributed by atoms with Gasteiger partial charge in [0.2, 0.25) is 11.8 Å². The number of nitrogens with zero attached hydrogens (tertiary/aromatic N) is 3. The molecule has 41 heavy (non-hydrogen) atoms. The molecular formula is C30H29N5O5S. The third-order valence-corrected chi connectivity index (χ3v) is 7.49. The van der Waals surface area contributed by atoms with E-state index < -0.39 is 6.04 Å². The van der Waals surface area contributed by atoms with Crippen molar-refractivity contribution in [3.8, 4) is 11.5 Å². The zero-order valence-electron chi connectivity index (χ0n) is 22.6. The van der Waals surface area contributed by atoms with Gasteiger partial charge in [0.25, 0.3) is 5.91 Å². The molecule has 5 rings (SSSR count). The van der Waals surface area contributed by atoms with Crippen LogP contribution < -0.4 is 20.1 Å². The summed E-state index contributed by atoms with van der Waals surface area (Å²) in [5.41, 5.74) is 2.87. The molecule has 10 nitrogen and oxygen atoms in total. The van der Waals surface area contributed by atoms with Crippen LogP contribution in [0.4, 0.5) is 11.4 Å². The van der Waals surface area contributed by atoms with Crippen molar-refractivity contribution in [1.82, 2.24) is 10.2 Å². The van der Waals surface area contributed by atoms with Crippen LogP contribution in [0.2, 0.25) is 0 Å². The Morgan fingerprint density at radius 2 is 1.78 bits per heavy atom. The SMILES string of the molecule is COc1cccc(NC(=O)CSC2=Nc3ccccc3C3=N[C@@H](CCC(=O)NCc4ccccc4OC)C(=O)N23)c1. The molecule has 1 atom stereocenters. The first-order valence-corrected chi connectivity index (χ1v) is 14.0. The fourth-order valence-corrected chi connectivity index (χ4v) is 5.31. The predicted octanol–water partition coefficient (Wildman–Crippen LogP) is 4.13. The van der Waals surface area contributed by atoms with Crippen LogP contribution in [0, 0.1) is 0 Å². The molecule has 0 unspecified atom stereocenters. The highest BCUT2D eigenvalue weighted by atomic mass is 32.2. The number of rotatable bonds is 10. The van der Waals surface area contributed by atoms with Crippen molar-refractivity contribution >= 4 is 51.9 Å². The largest absolute Gasteiger partial charge is 0.497 e. The van der Waals surface area contributed by atoms with Gasteiger partial charge in [-0.25, -0.2) is 9.89 Å². The molecule has 0 saturated carbocycles. The highest BCUT2D eigenvalue weighted by molar-refractivity contribution is 8.14. The lowest BCUT2D eigenvalue weighted by Crippen LogP contribution is -2.41. The number of nitrogens with one attached hydrogen (secondary N) is 2. The number of amidine groups is 2. The molecular weight excluding hydrogens is 542 g/mol. The lowest BCUT2D eigenvalue weighted by atomic mass is 10.1. The molecule has 210 valence electrons. The van der Waals surface area contributed by atoms with Crippen molar-refractivity contribution in [2.75, 3.05) is 25.3 Å². The number of hydrogen-bond acceptors (Lipinski definition) is 8. The number of thioether (sulfide) groups is 1. The Hall–Kier alpha value is -4.64. The van der Waals surface area contributed by atoms with Crippen LogP contribution in [0.3, 0.4) is 0 Å². The van der Waals surface area contributed by atoms with Gasteiger partial charge in [0.15, 0.2) is 5.17 Å². The molecule has 3 amide bonds. The third-order valence-electron chi connectivity index (χ3n) is 6.55. The summed E-state index contributed by atoms with van der Waals surface area (Å²) in [5.74, 6) is 1.13. The molecule has 0 bridgehead atoms. The minimum atomic E-state index is -0.732. The average molecular weight is 572 g/mol. The van der Waals surface area contributed by atoms with Crippen LogP contribution in [0.1, 0.15) is 24.0 Å². The van der Waals surface area contributed by atoms with Crippen LogP contribution in [0.5, 0.6) is 11.5 Å². The van der Waals surface area contributed by atoms with Gasteiger partial charge in [-0.05, 0) is 36.8 Å². The molecule has 0 saturated heterocycles. The molecule has 3 aromatic rings. The molecule has 0 aromatic heterocycles. The van der Waals surface area contributed by atoms with Gasteiger partial charge in [-0.3, -0.25) is 19.4 Å². The second kappa shape index (κ2) is 12.7. The fraction of sp³-hybridized carbons (Fsp3) is 0.233. The third kappa shape index (κ3) is 6.41. The maximum Gasteiger partial charge on any atom is 0.259 e. The molecule has 2 N–H and O–H groups in total. The number of fused-ring (bicyclic) bond motifs is 3. The standard InChI is InChI=1S/C30H29N5O5S/c1-39-21-10-7-9-20(16-21)32-27(37)18-41-30-34-23-12-5-4-11-22(23)28-33-24(29(38)35(28)30)14-15-26(36)31-17-19-8-3-6-13-25(19)40-2/h3-13,16,24H,14-15,17-18H2,1-2H3,(H,31,36)(H,32,37)/t24-/m0/s1. The Labute approximate surface area is 241 Å². The quantitative estimate of drug-likeness (QED) is 0.378. The minimum absolute atomic E-state index is 0.0330. The monoisotopic (exact) mass is 571 g/mol. The molecule has 2 aliphatic heterocycles. The number of ether oxygens (including phenoxy) is 2. The van der Waals surface area contributed by atoms with E-state index in [4.69, 9.17) is 14.5 Å². The zero-order chi connectivity index (χ0) is 28.8. The lowest BCUT2D eigenvalue weighted by molar-refractivity contribution is -0.125. The number of anilines is 1. The van der Waals surface area contributed by atoms with Gasteiger partial charge in [0.05, 0.1) is 25.7 Å². The van der Waals surface area contributed by atoms with Gasteiger partial charge in [0, 0.05) is 35.8 Å². The predicted molar refractivity (Wildman–Crippen MR) is 159 cm³/mol. The van der Waals surface area contributed by atoms with Crippen molar-refractivity contribution in [2.24, 2.45) is 9.98 Å². The molecule has 0 aliphatic carbocycles. The average Bonchev–Trinajstić information content (AvgIpc) is 3.34. The highest BCUT2D eigenvalue weighted by Gasteiger charge is 2.41. The van der Waals surface area contributed by atoms with Gasteiger partial charge in [-0.15, -0.1) is 0 Å². The van der Waals surface area contributed by atoms with Crippen LogP contribution in [0.25, 0.3) is 0 Å². The number of carbonyl (C=O) groups is 3. The zero-order valence-corrected chi connectivity index (χ0v) is 23.4. The number of hydrogen-bond donors (Lipinski definition) is 2. The number of para-hydroxylation sites is 2. The first-order valence-electron chi connectivity index (χ1n) is 13.0. The van der Waals surface area contributed by atoms with Crippen molar-refractivity contribution in [3.63, 3.8) is 0 Å². The summed E-state index contributed by atoms with van der Waals surface area (Å²) in [5, 5.41) is 6.10. The second-order valence-corrected chi connectivity index (χ2v) is 10.2. The van der Waals surface area contributed by atoms with Crippen molar-refractivity contribution in [2.45, 2.75) is 25.4 Å². The number of methoxy groups -OCH3 is 2. The van der Waals surface area contributed by atoms with E-state index in [1.165, 1.54) is 4.90 Å². The molecule has 11 heteroatoms. The van der Waals surface area contributed by atoms with E-state index in [9.17, 15) is 14.4 Å². The van der Waals surface area contributed by atoms with Gasteiger partial charge < -0.3 is 20.1 Å². The summed E-state index contributed by atoms with van der Waals surface area (Å²) < 4.78 is 10.5. The van der Waals surface area contributed by atoms with Crippen molar-refractivity contribution in [3.05, 3.63) is 83.9 Å². The number of amides is 3. The summed E-state index contributed by atoms with van der Waals surface area (Å²) in [6.45, 7) is 0.320. The van der Waals surface area contributed by atoms with Gasteiger partial charge in [0.1, 0.15) is 23.4 Å². The van der Waals surface area contributed by atoms with Crippen LogP contribution in [-0.4, -0.2) is 59.6 Å². The Balaban J connectivity index is 1.23. The first-order chi connectivity index (χ1) is 20.0. The van der Waals surface area contributed by atoms with Crippen LogP contribution in [-0.2, 0) is 20.9 Å². The van der Waals surface area contributed by atoms with Crippen molar-refractivity contribution < 1.29 is 23.9 Å². The van der Waals surface area contributed by atoms with Gasteiger partial charge in [-0.1, -0.05) is 48.2 Å². The summed E-state index contributed by atoms with van der Waals surface area (Å²) >= 11 is 1.15. The maximum atomic E-state index is 13.5. The first kappa shape index (κ1) is 27.9. The Morgan fingerprint density at radius 1 is 0.976 bits per heavy atom. The second-order valence-electron chi connectivity index (χ2n) is 9.25. The van der Waals surface area contributed by atoms with E-state index in [-0.39, 0.29) is 36.3 Å². The lowest BCUT2D eigenvalue weighted by Gasteiger charge is -2.25. The Morgan fingerprint density at radius 3 is 2.61 bits per heavy atom. The maximum absolute atomic E-state index is 13.5. The van der Waals surface area contributed by atoms with Crippen molar-refractivity contribution in [1.29, 1.82) is 0 Å². The topological polar surface area (TPSA) is 122 Å². The number of benzene rings is 3. The Bertz CT molecular complexity index is 1540. The molecule has 0 radical (unpaired) electrons. The van der Waals surface area contributed by atoms with E-state index >= 15 is 0 Å². The molecule has 0 fully saturated rings. The van der Waals surface area contributed by atoms with E-state index in [1.54, 1.807) is 38.5 Å².